The highest BCUT2D eigenvalue weighted by Crippen LogP contribution is 2.48. The van der Waals surface area contributed by atoms with Gasteiger partial charge in [-0.25, -0.2) is 19.3 Å². The number of alkyl halides is 1. The van der Waals surface area contributed by atoms with Gasteiger partial charge in [-0.05, 0) is 31.4 Å². The molecule has 1 saturated carbocycles. The summed E-state index contributed by atoms with van der Waals surface area (Å²) in [6, 6.07) is 3.73. The first-order valence-corrected chi connectivity index (χ1v) is 8.70. The quantitative estimate of drug-likeness (QED) is 0.779. The predicted molar refractivity (Wildman–Crippen MR) is 97.4 cm³/mol. The second kappa shape index (κ2) is 5.86. The van der Waals surface area contributed by atoms with Crippen molar-refractivity contribution in [3.8, 4) is 11.3 Å². The van der Waals surface area contributed by atoms with Gasteiger partial charge in [0.25, 0.3) is 0 Å². The van der Waals surface area contributed by atoms with Gasteiger partial charge in [0.05, 0.1) is 17.4 Å². The third kappa shape index (κ3) is 2.83. The molecule has 0 radical (unpaired) electrons. The molecule has 1 aliphatic carbocycles. The fourth-order valence-electron chi connectivity index (χ4n) is 3.08. The minimum absolute atomic E-state index is 0.181. The van der Waals surface area contributed by atoms with E-state index in [1.165, 1.54) is 6.92 Å². The van der Waals surface area contributed by atoms with Crippen molar-refractivity contribution in [2.75, 3.05) is 5.32 Å². The van der Waals surface area contributed by atoms with Crippen LogP contribution in [-0.4, -0.2) is 25.4 Å². The lowest BCUT2D eigenvalue weighted by Crippen LogP contribution is -2.08. The van der Waals surface area contributed by atoms with Crippen LogP contribution < -0.4 is 5.32 Å². The van der Waals surface area contributed by atoms with E-state index < -0.39 is 5.67 Å². The number of halogens is 1. The molecular weight excluding hydrogens is 333 g/mol. The van der Waals surface area contributed by atoms with Crippen LogP contribution in [-0.2, 0) is 23.9 Å². The second-order valence-corrected chi connectivity index (χ2v) is 6.81. The van der Waals surface area contributed by atoms with Gasteiger partial charge in [0.1, 0.15) is 5.82 Å². The van der Waals surface area contributed by atoms with Gasteiger partial charge >= 0.3 is 0 Å². The van der Waals surface area contributed by atoms with Crippen LogP contribution in [0.5, 0.6) is 0 Å². The molecule has 3 aromatic heterocycles. The molecule has 4 rings (SSSR count). The summed E-state index contributed by atoms with van der Waals surface area (Å²) in [6.45, 7) is 3.44. The number of amides is 1. The Morgan fingerprint density at radius 1 is 1.35 bits per heavy atom. The zero-order valence-electron chi connectivity index (χ0n) is 15.0. The normalized spacial score (nSPS) is 15.2. The van der Waals surface area contributed by atoms with Gasteiger partial charge in [0, 0.05) is 36.8 Å². The molecule has 1 fully saturated rings. The second-order valence-electron chi connectivity index (χ2n) is 6.81. The molecule has 134 valence electrons. The summed E-state index contributed by atoms with van der Waals surface area (Å²) in [7, 11) is 1.92. The molecule has 0 bridgehead atoms. The summed E-state index contributed by atoms with van der Waals surface area (Å²) in [5, 5.41) is 3.61. The van der Waals surface area contributed by atoms with Crippen molar-refractivity contribution < 1.29 is 9.18 Å². The monoisotopic (exact) mass is 353 g/mol. The summed E-state index contributed by atoms with van der Waals surface area (Å²) < 4.78 is 16.5. The Bertz CT molecular complexity index is 1020. The standard InChI is InChI=1S/C19H20FN5O/c1-4-12-7-15(24-18(23-12)19(20)5-6-19)14-10-25(3)16-9-21-17(8-13(14)16)22-11(2)26/h7-10H,4-6H2,1-3H3,(H,21,22,26). The van der Waals surface area contributed by atoms with Crippen LogP contribution in [0.25, 0.3) is 22.2 Å². The summed E-state index contributed by atoms with van der Waals surface area (Å²) >= 11 is 0. The molecule has 1 amide bonds. The lowest BCUT2D eigenvalue weighted by atomic mass is 10.1. The first kappa shape index (κ1) is 16.6. The molecule has 0 aliphatic heterocycles. The van der Waals surface area contributed by atoms with Crippen molar-refractivity contribution in [3.63, 3.8) is 0 Å². The summed E-state index contributed by atoms with van der Waals surface area (Å²) in [5.41, 5.74) is 1.92. The maximum atomic E-state index is 14.6. The molecule has 0 atom stereocenters. The Hall–Kier alpha value is -2.83. The number of pyridine rings is 1. The lowest BCUT2D eigenvalue weighted by molar-refractivity contribution is -0.114. The lowest BCUT2D eigenvalue weighted by Gasteiger charge is -2.09. The fourth-order valence-corrected chi connectivity index (χ4v) is 3.08. The molecular formula is C19H20FN5O. The number of nitrogens with zero attached hydrogens (tertiary/aromatic N) is 4. The number of anilines is 1. The molecule has 3 heterocycles. The number of nitrogens with one attached hydrogen (secondary N) is 1. The van der Waals surface area contributed by atoms with Crippen LogP contribution >= 0.6 is 0 Å². The van der Waals surface area contributed by atoms with Gasteiger partial charge in [-0.15, -0.1) is 0 Å². The largest absolute Gasteiger partial charge is 0.349 e. The van der Waals surface area contributed by atoms with E-state index in [4.69, 9.17) is 0 Å². The van der Waals surface area contributed by atoms with Crippen molar-refractivity contribution in [2.24, 2.45) is 7.05 Å². The number of hydrogen-bond acceptors (Lipinski definition) is 4. The Labute approximate surface area is 150 Å². The number of hydrogen-bond donors (Lipinski definition) is 1. The molecule has 3 aromatic rings. The Morgan fingerprint density at radius 2 is 2.12 bits per heavy atom. The van der Waals surface area contributed by atoms with Gasteiger partial charge in [0.2, 0.25) is 5.91 Å². The zero-order chi connectivity index (χ0) is 18.5. The van der Waals surface area contributed by atoms with Crippen LogP contribution in [0, 0.1) is 0 Å². The van der Waals surface area contributed by atoms with Crippen LogP contribution in [0.2, 0.25) is 0 Å². The third-order valence-electron chi connectivity index (χ3n) is 4.69. The van der Waals surface area contributed by atoms with Crippen molar-refractivity contribution >= 4 is 22.6 Å². The maximum absolute atomic E-state index is 14.6. The number of aryl methyl sites for hydroxylation is 2. The summed E-state index contributed by atoms with van der Waals surface area (Å²) in [4.78, 5) is 24.5. The van der Waals surface area contributed by atoms with E-state index in [2.05, 4.69) is 20.3 Å². The van der Waals surface area contributed by atoms with E-state index in [1.807, 2.05) is 36.9 Å². The molecule has 26 heavy (non-hydrogen) atoms. The van der Waals surface area contributed by atoms with Crippen molar-refractivity contribution in [1.82, 2.24) is 19.5 Å². The Kier molecular flexibility index (Phi) is 3.75. The van der Waals surface area contributed by atoms with Gasteiger partial charge in [-0.2, -0.15) is 0 Å². The van der Waals surface area contributed by atoms with Crippen molar-refractivity contribution in [1.29, 1.82) is 0 Å². The van der Waals surface area contributed by atoms with Gasteiger partial charge < -0.3 is 9.88 Å². The predicted octanol–water partition coefficient (Wildman–Crippen LogP) is 3.51. The average molecular weight is 353 g/mol. The van der Waals surface area contributed by atoms with Crippen molar-refractivity contribution in [3.05, 3.63) is 36.0 Å². The fraction of sp³-hybridized carbons (Fsp3) is 0.368. The Balaban J connectivity index is 1.89. The topological polar surface area (TPSA) is 72.7 Å². The number of rotatable bonds is 4. The molecule has 6 nitrogen and oxygen atoms in total. The molecule has 0 spiro atoms. The van der Waals surface area contributed by atoms with E-state index in [0.29, 0.717) is 30.8 Å². The molecule has 1 N–H and O–H groups in total. The Morgan fingerprint density at radius 3 is 2.77 bits per heavy atom. The molecule has 0 saturated heterocycles. The maximum Gasteiger partial charge on any atom is 0.222 e. The van der Waals surface area contributed by atoms with E-state index in [0.717, 1.165) is 22.2 Å². The smallest absolute Gasteiger partial charge is 0.222 e. The average Bonchev–Trinajstić information content (AvgIpc) is 3.29. The molecule has 7 heteroatoms. The minimum atomic E-state index is -1.38. The van der Waals surface area contributed by atoms with E-state index >= 15 is 0 Å². The number of carbonyl (C=O) groups excluding carboxylic acids is 1. The molecule has 0 aromatic carbocycles. The van der Waals surface area contributed by atoms with Gasteiger partial charge in [0.15, 0.2) is 11.5 Å². The first-order chi connectivity index (χ1) is 12.4. The summed E-state index contributed by atoms with van der Waals surface area (Å²) in [5.74, 6) is 0.576. The van der Waals surface area contributed by atoms with Crippen molar-refractivity contribution in [2.45, 2.75) is 38.8 Å². The van der Waals surface area contributed by atoms with E-state index in [9.17, 15) is 9.18 Å². The zero-order valence-corrected chi connectivity index (χ0v) is 15.0. The molecule has 1 aliphatic rings. The molecule has 0 unspecified atom stereocenters. The van der Waals surface area contributed by atoms with E-state index in [-0.39, 0.29) is 11.7 Å². The SMILES string of the molecule is CCc1cc(-c2cn(C)c3cnc(NC(C)=O)cc23)nc(C2(F)CC2)n1. The van der Waals surface area contributed by atoms with Crippen LogP contribution in [0.3, 0.4) is 0 Å². The number of carbonyl (C=O) groups is 1. The van der Waals surface area contributed by atoms with Crippen LogP contribution in [0.15, 0.2) is 24.5 Å². The minimum Gasteiger partial charge on any atom is -0.349 e. The highest BCUT2D eigenvalue weighted by molar-refractivity contribution is 5.98. The van der Waals surface area contributed by atoms with Crippen LogP contribution in [0.1, 0.15) is 38.2 Å². The van der Waals surface area contributed by atoms with Gasteiger partial charge in [-0.3, -0.25) is 4.79 Å². The van der Waals surface area contributed by atoms with E-state index in [1.54, 1.807) is 6.20 Å². The number of aromatic nitrogens is 4. The highest BCUT2D eigenvalue weighted by atomic mass is 19.1. The highest BCUT2D eigenvalue weighted by Gasteiger charge is 2.48. The summed E-state index contributed by atoms with van der Waals surface area (Å²) in [6.07, 6.45) is 5.33. The third-order valence-corrected chi connectivity index (χ3v) is 4.69. The van der Waals surface area contributed by atoms with Gasteiger partial charge in [-0.1, -0.05) is 6.92 Å². The first-order valence-electron chi connectivity index (χ1n) is 8.70. The van der Waals surface area contributed by atoms with Crippen LogP contribution in [0.4, 0.5) is 10.2 Å². The number of fused-ring (bicyclic) bond motifs is 1.